The molecule has 25 heavy (non-hydrogen) atoms. The summed E-state index contributed by atoms with van der Waals surface area (Å²) in [6, 6.07) is 5.61. The Morgan fingerprint density at radius 3 is 2.72 bits per heavy atom. The van der Waals surface area contributed by atoms with Gasteiger partial charge in [-0.3, -0.25) is 9.59 Å². The zero-order valence-corrected chi connectivity index (χ0v) is 15.3. The van der Waals surface area contributed by atoms with E-state index >= 15 is 0 Å². The van der Waals surface area contributed by atoms with E-state index in [0.29, 0.717) is 24.0 Å². The molecule has 0 radical (unpaired) electrons. The molecule has 0 unspecified atom stereocenters. The molecule has 2 amide bonds. The lowest BCUT2D eigenvalue weighted by atomic mass is 10.0. The molecule has 2 aliphatic rings. The number of hydrogen-bond donors (Lipinski definition) is 0. The van der Waals surface area contributed by atoms with Gasteiger partial charge in [0.2, 0.25) is 18.6 Å². The second-order valence-corrected chi connectivity index (χ2v) is 7.37. The Labute approximate surface area is 148 Å². The maximum atomic E-state index is 12.8. The standard InChI is InChI=1S/C19H26N2O4/c1-12(2)7-13(3)20(4)19(23)14-8-18(22)21(10-14)15-5-6-16-17(9-15)25-11-24-16/h5-6,9,12-14H,7-8,10-11H2,1-4H3/t13-,14+/m0/s1. The van der Waals surface area contributed by atoms with Gasteiger partial charge in [-0.25, -0.2) is 0 Å². The predicted octanol–water partition coefficient (Wildman–Crippen LogP) is 2.66. The molecule has 0 bridgehead atoms. The maximum absolute atomic E-state index is 12.8. The summed E-state index contributed by atoms with van der Waals surface area (Å²) in [7, 11) is 1.84. The van der Waals surface area contributed by atoms with E-state index < -0.39 is 0 Å². The van der Waals surface area contributed by atoms with Crippen molar-refractivity contribution in [3.05, 3.63) is 18.2 Å². The van der Waals surface area contributed by atoms with Gasteiger partial charge in [-0.15, -0.1) is 0 Å². The van der Waals surface area contributed by atoms with Gasteiger partial charge in [-0.1, -0.05) is 13.8 Å². The fourth-order valence-electron chi connectivity index (χ4n) is 3.52. The summed E-state index contributed by atoms with van der Waals surface area (Å²) in [6.07, 6.45) is 1.21. The van der Waals surface area contributed by atoms with Crippen LogP contribution in [0.3, 0.4) is 0 Å². The number of fused-ring (bicyclic) bond motifs is 1. The number of ether oxygens (including phenoxy) is 2. The molecular weight excluding hydrogens is 320 g/mol. The van der Waals surface area contributed by atoms with Crippen molar-refractivity contribution in [1.82, 2.24) is 4.90 Å². The largest absolute Gasteiger partial charge is 0.454 e. The van der Waals surface area contributed by atoms with E-state index in [9.17, 15) is 9.59 Å². The first-order chi connectivity index (χ1) is 11.9. The van der Waals surface area contributed by atoms with Gasteiger partial charge in [0, 0.05) is 37.8 Å². The van der Waals surface area contributed by atoms with Crippen LogP contribution in [0.4, 0.5) is 5.69 Å². The minimum absolute atomic E-state index is 0.0258. The van der Waals surface area contributed by atoms with Gasteiger partial charge in [0.05, 0.1) is 5.92 Å². The summed E-state index contributed by atoms with van der Waals surface area (Å²) in [5.41, 5.74) is 0.752. The molecule has 0 spiro atoms. The van der Waals surface area contributed by atoms with Gasteiger partial charge in [-0.05, 0) is 31.4 Å². The van der Waals surface area contributed by atoms with Crippen molar-refractivity contribution in [3.63, 3.8) is 0 Å². The first-order valence-electron chi connectivity index (χ1n) is 8.83. The van der Waals surface area contributed by atoms with Gasteiger partial charge in [-0.2, -0.15) is 0 Å². The second-order valence-electron chi connectivity index (χ2n) is 7.37. The number of anilines is 1. The second kappa shape index (κ2) is 6.94. The molecule has 1 saturated heterocycles. The fraction of sp³-hybridized carbons (Fsp3) is 0.579. The Kier molecular flexibility index (Phi) is 4.88. The van der Waals surface area contributed by atoms with Crippen molar-refractivity contribution in [2.75, 3.05) is 25.3 Å². The Morgan fingerprint density at radius 1 is 1.28 bits per heavy atom. The third kappa shape index (κ3) is 3.57. The Bertz CT molecular complexity index is 673. The summed E-state index contributed by atoms with van der Waals surface area (Å²) in [6.45, 7) is 6.97. The van der Waals surface area contributed by atoms with Crippen LogP contribution >= 0.6 is 0 Å². The molecule has 2 aliphatic heterocycles. The summed E-state index contributed by atoms with van der Waals surface area (Å²) in [5.74, 6) is 1.58. The van der Waals surface area contributed by atoms with E-state index in [1.54, 1.807) is 21.9 Å². The quantitative estimate of drug-likeness (QED) is 0.822. The molecule has 1 fully saturated rings. The highest BCUT2D eigenvalue weighted by atomic mass is 16.7. The van der Waals surface area contributed by atoms with Crippen molar-refractivity contribution in [1.29, 1.82) is 0 Å². The molecule has 6 nitrogen and oxygen atoms in total. The number of amides is 2. The Hall–Kier alpha value is -2.24. The number of nitrogens with zero attached hydrogens (tertiary/aromatic N) is 2. The number of carbonyl (C=O) groups excluding carboxylic acids is 2. The molecule has 1 aromatic carbocycles. The van der Waals surface area contributed by atoms with Crippen molar-refractivity contribution < 1.29 is 19.1 Å². The Balaban J connectivity index is 1.69. The van der Waals surface area contributed by atoms with Crippen molar-refractivity contribution >= 4 is 17.5 Å². The van der Waals surface area contributed by atoms with E-state index in [4.69, 9.17) is 9.47 Å². The lowest BCUT2D eigenvalue weighted by molar-refractivity contribution is -0.136. The topological polar surface area (TPSA) is 59.1 Å². The third-order valence-corrected chi connectivity index (χ3v) is 4.96. The van der Waals surface area contributed by atoms with Crippen LogP contribution in [0.2, 0.25) is 0 Å². The van der Waals surface area contributed by atoms with Crippen molar-refractivity contribution in [3.8, 4) is 11.5 Å². The number of carbonyl (C=O) groups is 2. The minimum Gasteiger partial charge on any atom is -0.454 e. The molecule has 0 N–H and O–H groups in total. The lowest BCUT2D eigenvalue weighted by Crippen LogP contribution is -2.40. The highest BCUT2D eigenvalue weighted by Crippen LogP contribution is 2.37. The molecule has 1 aromatic rings. The van der Waals surface area contributed by atoms with Crippen LogP contribution in [-0.2, 0) is 9.59 Å². The first-order valence-corrected chi connectivity index (χ1v) is 8.83. The average Bonchev–Trinajstić information content (AvgIpc) is 3.18. The van der Waals surface area contributed by atoms with Crippen LogP contribution < -0.4 is 14.4 Å². The van der Waals surface area contributed by atoms with Crippen LogP contribution in [0.15, 0.2) is 18.2 Å². The highest BCUT2D eigenvalue weighted by Gasteiger charge is 2.37. The average molecular weight is 346 g/mol. The van der Waals surface area contributed by atoms with Crippen LogP contribution in [0.1, 0.15) is 33.6 Å². The van der Waals surface area contributed by atoms with Crippen LogP contribution in [-0.4, -0.2) is 43.1 Å². The number of hydrogen-bond acceptors (Lipinski definition) is 4. The monoisotopic (exact) mass is 346 g/mol. The van der Waals surface area contributed by atoms with E-state index in [2.05, 4.69) is 20.8 Å². The van der Waals surface area contributed by atoms with Gasteiger partial charge in [0.25, 0.3) is 0 Å². The molecular formula is C19H26N2O4. The number of benzene rings is 1. The van der Waals surface area contributed by atoms with Gasteiger partial charge < -0.3 is 19.3 Å². The molecule has 2 atom stereocenters. The molecule has 3 rings (SSSR count). The summed E-state index contributed by atoms with van der Waals surface area (Å²) < 4.78 is 10.7. The zero-order chi connectivity index (χ0) is 18.1. The molecule has 0 aromatic heterocycles. The number of rotatable bonds is 5. The maximum Gasteiger partial charge on any atom is 0.231 e. The normalized spacial score (nSPS) is 20.3. The molecule has 0 saturated carbocycles. The van der Waals surface area contributed by atoms with Gasteiger partial charge in [0.1, 0.15) is 0 Å². The van der Waals surface area contributed by atoms with Crippen LogP contribution in [0.5, 0.6) is 11.5 Å². The first kappa shape index (κ1) is 17.6. The highest BCUT2D eigenvalue weighted by molar-refractivity contribution is 6.00. The van der Waals surface area contributed by atoms with Crippen LogP contribution in [0.25, 0.3) is 0 Å². The molecule has 136 valence electrons. The Morgan fingerprint density at radius 2 is 2.00 bits per heavy atom. The van der Waals surface area contributed by atoms with Gasteiger partial charge in [0.15, 0.2) is 11.5 Å². The van der Waals surface area contributed by atoms with Crippen LogP contribution in [0, 0.1) is 11.8 Å². The third-order valence-electron chi connectivity index (χ3n) is 4.96. The minimum atomic E-state index is -0.294. The van der Waals surface area contributed by atoms with E-state index in [-0.39, 0.29) is 37.0 Å². The zero-order valence-electron chi connectivity index (χ0n) is 15.3. The smallest absolute Gasteiger partial charge is 0.231 e. The fourth-order valence-corrected chi connectivity index (χ4v) is 3.52. The lowest BCUT2D eigenvalue weighted by Gasteiger charge is -2.28. The van der Waals surface area contributed by atoms with Gasteiger partial charge >= 0.3 is 0 Å². The van der Waals surface area contributed by atoms with E-state index in [1.165, 1.54) is 0 Å². The molecule has 6 heteroatoms. The summed E-state index contributed by atoms with van der Waals surface area (Å²) >= 11 is 0. The SMILES string of the molecule is CC(C)C[C@H](C)N(C)C(=O)[C@@H]1CC(=O)N(c2ccc3c(c2)OCO3)C1. The van der Waals surface area contributed by atoms with E-state index in [0.717, 1.165) is 12.1 Å². The summed E-state index contributed by atoms with van der Waals surface area (Å²) in [5, 5.41) is 0. The van der Waals surface area contributed by atoms with Crippen molar-refractivity contribution in [2.24, 2.45) is 11.8 Å². The summed E-state index contributed by atoms with van der Waals surface area (Å²) in [4.78, 5) is 28.7. The predicted molar refractivity (Wildman–Crippen MR) is 94.7 cm³/mol. The molecule has 2 heterocycles. The van der Waals surface area contributed by atoms with E-state index in [1.807, 2.05) is 13.1 Å². The molecule has 0 aliphatic carbocycles. The van der Waals surface area contributed by atoms with Crippen molar-refractivity contribution in [2.45, 2.75) is 39.7 Å².